The quantitative estimate of drug-likeness (QED) is 0.0671. The summed E-state index contributed by atoms with van der Waals surface area (Å²) >= 11 is 6.31. The van der Waals surface area contributed by atoms with Crippen LogP contribution < -0.4 is 9.36 Å². The third kappa shape index (κ3) is 11.0. The topological polar surface area (TPSA) is 60.9 Å². The van der Waals surface area contributed by atoms with Crippen molar-refractivity contribution >= 4 is 64.5 Å². The summed E-state index contributed by atoms with van der Waals surface area (Å²) in [5.74, 6) is -1.00. The number of hydrogen-bond donors (Lipinski definition) is 1. The number of carboxylic acids is 1. The molecule has 1 aromatic rings. The van der Waals surface area contributed by atoms with Crippen molar-refractivity contribution in [2.24, 2.45) is 0 Å². The Labute approximate surface area is 257 Å². The SMILES string of the molecule is CCCCCCCCCCCCCCCCCCN1/C(=C\C=C2/C(=O)SC(=S)N2CC(=O)O)[Se]c2ccccc21. The van der Waals surface area contributed by atoms with Crippen LogP contribution >= 0.6 is 24.0 Å². The molecule has 0 spiro atoms. The van der Waals surface area contributed by atoms with Crippen molar-refractivity contribution in [1.29, 1.82) is 0 Å². The molecule has 0 bridgehead atoms. The molecule has 2 aliphatic rings. The fourth-order valence-electron chi connectivity index (χ4n) is 5.21. The van der Waals surface area contributed by atoms with E-state index < -0.39 is 5.97 Å². The van der Waals surface area contributed by atoms with Crippen LogP contribution in [-0.4, -0.2) is 53.5 Å². The number of benzene rings is 1. The average molecular weight is 650 g/mol. The van der Waals surface area contributed by atoms with E-state index in [0.717, 1.165) is 24.7 Å². The van der Waals surface area contributed by atoms with Crippen LogP contribution in [0.3, 0.4) is 0 Å². The number of fused-ring (bicyclic) bond motifs is 1. The first-order valence-corrected chi connectivity index (χ1v) is 18.2. The van der Waals surface area contributed by atoms with Gasteiger partial charge >= 0.3 is 207 Å². The normalized spacial score (nSPS) is 17.0. The molecule has 0 aliphatic carbocycles. The van der Waals surface area contributed by atoms with Gasteiger partial charge in [-0.2, -0.15) is 0 Å². The van der Waals surface area contributed by atoms with Crippen molar-refractivity contribution < 1.29 is 14.7 Å². The van der Waals surface area contributed by atoms with Gasteiger partial charge in [0.1, 0.15) is 0 Å². The molecule has 1 aromatic carbocycles. The monoisotopic (exact) mass is 650 g/mol. The maximum absolute atomic E-state index is 12.5. The second-order valence-corrected chi connectivity index (χ2v) is 14.6. The molecule has 1 N–H and O–H groups in total. The summed E-state index contributed by atoms with van der Waals surface area (Å²) < 4.78 is 2.86. The number of thiocarbonyl (C=S) groups is 1. The molecule has 0 atom stereocenters. The van der Waals surface area contributed by atoms with Crippen molar-refractivity contribution in [3.8, 4) is 0 Å². The molecular formula is C32H46N2O3S2Se. The number of aliphatic carboxylic acids is 1. The van der Waals surface area contributed by atoms with Gasteiger partial charge in [-0.05, 0) is 0 Å². The van der Waals surface area contributed by atoms with E-state index >= 15 is 0 Å². The van der Waals surface area contributed by atoms with Crippen LogP contribution in [0.4, 0.5) is 5.69 Å². The standard InChI is InChI=1S/C32H46N2O3S2Se/c1-2-3-4-5-6-7-8-9-10-11-12-13-14-15-16-19-24-33-26-20-17-18-21-28(26)40-29(33)23-22-27-31(37)39-32(38)34(27)25-30(35)36/h17-18,20-23H,2-16,19,24-25H2,1H3,(H,35,36)/b27-22+,29-23+. The number of carboxylic acid groups (broad SMARTS) is 1. The Balaban J connectivity index is 1.37. The van der Waals surface area contributed by atoms with Crippen molar-refractivity contribution in [2.45, 2.75) is 110 Å². The van der Waals surface area contributed by atoms with E-state index in [2.05, 4.69) is 36.1 Å². The van der Waals surface area contributed by atoms with Gasteiger partial charge in [-0.15, -0.1) is 0 Å². The summed E-state index contributed by atoms with van der Waals surface area (Å²) in [6.07, 6.45) is 25.5. The molecule has 8 heteroatoms. The van der Waals surface area contributed by atoms with Crippen molar-refractivity contribution in [3.05, 3.63) is 46.7 Å². The summed E-state index contributed by atoms with van der Waals surface area (Å²) in [7, 11) is 0. The Bertz CT molecular complexity index is 1040. The predicted octanol–water partition coefficient (Wildman–Crippen LogP) is 7.77. The number of carbonyl (C=O) groups is 2. The number of thioether (sulfide) groups is 1. The van der Waals surface area contributed by atoms with E-state index in [1.165, 1.54) is 116 Å². The molecule has 1 saturated heterocycles. The van der Waals surface area contributed by atoms with Crippen molar-refractivity contribution in [2.75, 3.05) is 18.0 Å². The first kappa shape index (κ1) is 32.9. The summed E-state index contributed by atoms with van der Waals surface area (Å²) in [6.45, 7) is 2.95. The summed E-state index contributed by atoms with van der Waals surface area (Å²) in [4.78, 5) is 27.5. The number of hydrogen-bond acceptors (Lipinski definition) is 5. The van der Waals surface area contributed by atoms with Gasteiger partial charge in [0.15, 0.2) is 0 Å². The number of rotatable bonds is 20. The number of unbranched alkanes of at least 4 members (excludes halogenated alkanes) is 15. The Kier molecular flexibility index (Phi) is 15.4. The van der Waals surface area contributed by atoms with Crippen molar-refractivity contribution in [1.82, 2.24) is 4.90 Å². The second-order valence-electron chi connectivity index (χ2n) is 10.7. The fourth-order valence-corrected chi connectivity index (χ4v) is 8.61. The first-order chi connectivity index (χ1) is 19.5. The van der Waals surface area contributed by atoms with Crippen LogP contribution in [0, 0.1) is 0 Å². The van der Waals surface area contributed by atoms with E-state index in [1.807, 2.05) is 6.08 Å². The molecule has 1 fully saturated rings. The van der Waals surface area contributed by atoms with Gasteiger partial charge in [-0.3, -0.25) is 0 Å². The predicted molar refractivity (Wildman–Crippen MR) is 174 cm³/mol. The summed E-state index contributed by atoms with van der Waals surface area (Å²) in [5.41, 5.74) is 1.62. The summed E-state index contributed by atoms with van der Waals surface area (Å²) in [6, 6.07) is 8.53. The number of anilines is 1. The van der Waals surface area contributed by atoms with Gasteiger partial charge in [0.25, 0.3) is 0 Å². The molecule has 0 radical (unpaired) electrons. The van der Waals surface area contributed by atoms with E-state index in [1.54, 1.807) is 6.08 Å². The minimum atomic E-state index is -1.00. The maximum atomic E-state index is 12.5. The zero-order valence-electron chi connectivity index (χ0n) is 24.1. The molecule has 220 valence electrons. The van der Waals surface area contributed by atoms with Gasteiger partial charge < -0.3 is 0 Å². The van der Waals surface area contributed by atoms with E-state index in [0.29, 0.717) is 10.0 Å². The fraction of sp³-hybridized carbons (Fsp3) is 0.594. The van der Waals surface area contributed by atoms with Crippen LogP contribution in [0.1, 0.15) is 110 Å². The van der Waals surface area contributed by atoms with Crippen LogP contribution in [0.2, 0.25) is 0 Å². The van der Waals surface area contributed by atoms with Gasteiger partial charge in [-0.1, -0.05) is 51.9 Å². The molecule has 2 heterocycles. The third-order valence-corrected chi connectivity index (χ3v) is 11.1. The molecule has 0 aromatic heterocycles. The Morgan fingerprint density at radius 1 is 0.850 bits per heavy atom. The third-order valence-electron chi connectivity index (χ3n) is 7.45. The van der Waals surface area contributed by atoms with Gasteiger partial charge in [-0.25, -0.2) is 0 Å². The average Bonchev–Trinajstić information content (AvgIpc) is 3.42. The molecule has 0 unspecified atom stereocenters. The molecular weight excluding hydrogens is 603 g/mol. The zero-order chi connectivity index (χ0) is 28.6. The van der Waals surface area contributed by atoms with Crippen LogP contribution in [0.15, 0.2) is 46.7 Å². The number of para-hydroxylation sites is 1. The first-order valence-electron chi connectivity index (χ1n) is 15.2. The minimum absolute atomic E-state index is 0.148. The Hall–Kier alpha value is -1.60. The van der Waals surface area contributed by atoms with Gasteiger partial charge in [0, 0.05) is 0 Å². The molecule has 0 amide bonds. The second kappa shape index (κ2) is 18.8. The van der Waals surface area contributed by atoms with Crippen LogP contribution in [-0.2, 0) is 9.59 Å². The Morgan fingerprint density at radius 3 is 1.98 bits per heavy atom. The molecule has 5 nitrogen and oxygen atoms in total. The molecule has 0 saturated carbocycles. The van der Waals surface area contributed by atoms with Crippen LogP contribution in [0.5, 0.6) is 0 Å². The molecule has 40 heavy (non-hydrogen) atoms. The Morgan fingerprint density at radius 2 is 1.40 bits per heavy atom. The van der Waals surface area contributed by atoms with Crippen LogP contribution in [0.25, 0.3) is 0 Å². The molecule has 3 rings (SSSR count). The summed E-state index contributed by atoms with van der Waals surface area (Å²) in [5, 5.41) is 9.05. The van der Waals surface area contributed by atoms with E-state index in [-0.39, 0.29) is 26.6 Å². The van der Waals surface area contributed by atoms with Gasteiger partial charge in [0.2, 0.25) is 0 Å². The molecule has 2 aliphatic heterocycles. The number of carbonyl (C=O) groups excluding carboxylic acids is 1. The van der Waals surface area contributed by atoms with E-state index in [9.17, 15) is 14.7 Å². The number of allylic oxidation sites excluding steroid dienone is 2. The van der Waals surface area contributed by atoms with E-state index in [4.69, 9.17) is 12.2 Å². The van der Waals surface area contributed by atoms with Crippen molar-refractivity contribution in [3.63, 3.8) is 0 Å². The van der Waals surface area contributed by atoms with Gasteiger partial charge in [0.05, 0.1) is 0 Å². The number of nitrogens with zero attached hydrogens (tertiary/aromatic N) is 2. The zero-order valence-corrected chi connectivity index (χ0v) is 27.4.